The lowest BCUT2D eigenvalue weighted by Crippen LogP contribution is -2.36. The number of benzene rings is 2. The Morgan fingerprint density at radius 2 is 1.78 bits per heavy atom. The van der Waals surface area contributed by atoms with Crippen LogP contribution in [-0.2, 0) is 21.3 Å². The maximum Gasteiger partial charge on any atom is 0.269 e. The number of halogens is 2. The number of hydrogen-bond donors (Lipinski definition) is 0. The van der Waals surface area contributed by atoms with E-state index < -0.39 is 10.0 Å². The maximum atomic E-state index is 13.8. The minimum Gasteiger partial charge on any atom is -0.378 e. The second-order valence-electron chi connectivity index (χ2n) is 9.95. The Bertz CT molecular complexity index is 1930. The van der Waals surface area contributed by atoms with E-state index in [1.54, 1.807) is 54.9 Å². The van der Waals surface area contributed by atoms with E-state index in [9.17, 15) is 17.6 Å². The molecule has 0 aliphatic carbocycles. The van der Waals surface area contributed by atoms with Crippen molar-refractivity contribution in [3.8, 4) is 11.1 Å². The maximum absolute atomic E-state index is 13.8. The number of anilines is 1. The summed E-state index contributed by atoms with van der Waals surface area (Å²) in [4.78, 5) is 20.1. The molecule has 0 radical (unpaired) electrons. The highest BCUT2D eigenvalue weighted by Gasteiger charge is 2.24. The number of rotatable bonds is 6. The predicted molar refractivity (Wildman–Crippen MR) is 164 cm³/mol. The van der Waals surface area contributed by atoms with Crippen LogP contribution in [0.5, 0.6) is 0 Å². The molecule has 0 N–H and O–H groups in total. The van der Waals surface area contributed by atoms with Gasteiger partial charge >= 0.3 is 0 Å². The summed E-state index contributed by atoms with van der Waals surface area (Å²) in [5.74, 6) is -0.306. The van der Waals surface area contributed by atoms with Gasteiger partial charge < -0.3 is 14.2 Å². The summed E-state index contributed by atoms with van der Waals surface area (Å²) in [7, 11) is -3.97. The Morgan fingerprint density at radius 3 is 2.49 bits per heavy atom. The van der Waals surface area contributed by atoms with Gasteiger partial charge in [0.15, 0.2) is 5.65 Å². The Kier molecular flexibility index (Phi) is 7.43. The second-order valence-corrected chi connectivity index (χ2v) is 12.9. The standard InChI is InChI=1S/C30H26FIN4O4S/c1-20-2-5-24(6-3-20)41(38,39)36-19-26(25-16-23(17-33-30(25)36)34-10-12-40-13-11-34)22-8-9-35(29(37)15-22)18-21-4-7-27(31)28(32)14-21/h2-9,14-17,19H,10-13,18H2,1H3. The molecule has 0 bridgehead atoms. The van der Waals surface area contributed by atoms with Crippen molar-refractivity contribution in [3.63, 3.8) is 0 Å². The second kappa shape index (κ2) is 11.0. The van der Waals surface area contributed by atoms with Crippen molar-refractivity contribution in [1.29, 1.82) is 0 Å². The minimum atomic E-state index is -3.97. The lowest BCUT2D eigenvalue weighted by atomic mass is 10.1. The van der Waals surface area contributed by atoms with E-state index in [-0.39, 0.29) is 28.5 Å². The van der Waals surface area contributed by atoms with Crippen LogP contribution in [0.3, 0.4) is 0 Å². The van der Waals surface area contributed by atoms with E-state index in [0.29, 0.717) is 46.4 Å². The largest absolute Gasteiger partial charge is 0.378 e. The topological polar surface area (TPSA) is 86.4 Å². The van der Waals surface area contributed by atoms with Crippen molar-refractivity contribution in [2.75, 3.05) is 31.2 Å². The summed E-state index contributed by atoms with van der Waals surface area (Å²) < 4.78 is 49.9. The molecule has 0 spiro atoms. The number of ether oxygens (including phenoxy) is 1. The smallest absolute Gasteiger partial charge is 0.269 e. The lowest BCUT2D eigenvalue weighted by Gasteiger charge is -2.28. The molecule has 0 unspecified atom stereocenters. The molecule has 3 aromatic heterocycles. The number of hydrogen-bond acceptors (Lipinski definition) is 6. The number of nitrogens with zero attached hydrogens (tertiary/aromatic N) is 4. The molecule has 5 aromatic rings. The van der Waals surface area contributed by atoms with E-state index in [1.165, 1.54) is 26.9 Å². The summed E-state index contributed by atoms with van der Waals surface area (Å²) in [6.07, 6.45) is 4.89. The Balaban J connectivity index is 1.46. The zero-order chi connectivity index (χ0) is 28.7. The molecule has 210 valence electrons. The first-order valence-corrected chi connectivity index (χ1v) is 15.5. The molecule has 0 amide bonds. The predicted octanol–water partition coefficient (Wildman–Crippen LogP) is 5.04. The van der Waals surface area contributed by atoms with Gasteiger partial charge in [-0.1, -0.05) is 23.8 Å². The molecule has 1 aliphatic heterocycles. The van der Waals surface area contributed by atoms with Gasteiger partial charge in [0.1, 0.15) is 5.82 Å². The molecule has 11 heteroatoms. The van der Waals surface area contributed by atoms with Crippen molar-refractivity contribution >= 4 is 49.3 Å². The van der Waals surface area contributed by atoms with Gasteiger partial charge in [-0.15, -0.1) is 0 Å². The van der Waals surface area contributed by atoms with Crippen LogP contribution >= 0.6 is 22.6 Å². The summed E-state index contributed by atoms with van der Waals surface area (Å²) in [6, 6.07) is 16.6. The molecule has 41 heavy (non-hydrogen) atoms. The van der Waals surface area contributed by atoms with Crippen LogP contribution in [0.4, 0.5) is 10.1 Å². The summed E-state index contributed by atoms with van der Waals surface area (Å²) in [5.41, 5.74) is 3.77. The van der Waals surface area contributed by atoms with Gasteiger partial charge in [-0.2, -0.15) is 0 Å². The fourth-order valence-electron chi connectivity index (χ4n) is 4.94. The Hall–Kier alpha value is -3.55. The lowest BCUT2D eigenvalue weighted by molar-refractivity contribution is 0.122. The van der Waals surface area contributed by atoms with E-state index in [1.807, 2.05) is 35.6 Å². The number of pyridine rings is 2. The first-order chi connectivity index (χ1) is 19.7. The molecule has 8 nitrogen and oxygen atoms in total. The van der Waals surface area contributed by atoms with Gasteiger partial charge in [0.25, 0.3) is 15.6 Å². The highest BCUT2D eigenvalue weighted by Crippen LogP contribution is 2.34. The van der Waals surface area contributed by atoms with Gasteiger partial charge in [0.05, 0.1) is 36.5 Å². The van der Waals surface area contributed by atoms with Gasteiger partial charge in [-0.25, -0.2) is 21.8 Å². The molecule has 4 heterocycles. The third kappa shape index (κ3) is 5.41. The third-order valence-corrected chi connectivity index (χ3v) is 9.69. The summed E-state index contributed by atoms with van der Waals surface area (Å²) in [6.45, 7) is 4.76. The van der Waals surface area contributed by atoms with Gasteiger partial charge in [0.2, 0.25) is 0 Å². The van der Waals surface area contributed by atoms with Crippen LogP contribution in [0.15, 0.2) is 88.9 Å². The zero-order valence-corrected chi connectivity index (χ0v) is 25.1. The normalized spacial score (nSPS) is 14.1. The fraction of sp³-hybridized carbons (Fsp3) is 0.200. The molecule has 2 aromatic carbocycles. The molecule has 1 aliphatic rings. The van der Waals surface area contributed by atoms with E-state index in [0.717, 1.165) is 16.8 Å². The van der Waals surface area contributed by atoms with Crippen molar-refractivity contribution in [3.05, 3.63) is 110 Å². The Morgan fingerprint density at radius 1 is 1.02 bits per heavy atom. The highest BCUT2D eigenvalue weighted by molar-refractivity contribution is 14.1. The minimum absolute atomic E-state index is 0.148. The van der Waals surface area contributed by atoms with Gasteiger partial charge in [-0.05, 0) is 77.0 Å². The quantitative estimate of drug-likeness (QED) is 0.233. The van der Waals surface area contributed by atoms with Crippen LogP contribution in [0.1, 0.15) is 11.1 Å². The van der Waals surface area contributed by atoms with Crippen molar-refractivity contribution in [2.24, 2.45) is 0 Å². The number of aromatic nitrogens is 3. The first-order valence-electron chi connectivity index (χ1n) is 13.0. The first kappa shape index (κ1) is 27.6. The third-order valence-electron chi connectivity index (χ3n) is 7.20. The van der Waals surface area contributed by atoms with Crippen molar-refractivity contribution in [1.82, 2.24) is 13.5 Å². The molecular formula is C30H26FIN4O4S. The van der Waals surface area contributed by atoms with E-state index in [2.05, 4.69) is 9.88 Å². The van der Waals surface area contributed by atoms with Crippen LogP contribution in [0.2, 0.25) is 0 Å². The molecule has 0 saturated carbocycles. The molecule has 1 saturated heterocycles. The summed E-state index contributed by atoms with van der Waals surface area (Å²) in [5, 5.41) is 0.620. The number of aryl methyl sites for hydroxylation is 1. The fourth-order valence-corrected chi connectivity index (χ4v) is 6.84. The van der Waals surface area contributed by atoms with Crippen LogP contribution in [-0.4, -0.2) is 48.2 Å². The van der Waals surface area contributed by atoms with Crippen molar-refractivity contribution < 1.29 is 17.5 Å². The molecule has 0 atom stereocenters. The summed E-state index contributed by atoms with van der Waals surface area (Å²) >= 11 is 1.93. The van der Waals surface area contributed by atoms with Gasteiger partial charge in [0, 0.05) is 46.1 Å². The van der Waals surface area contributed by atoms with Crippen LogP contribution in [0.25, 0.3) is 22.2 Å². The average Bonchev–Trinajstić information content (AvgIpc) is 3.36. The van der Waals surface area contributed by atoms with Crippen molar-refractivity contribution in [2.45, 2.75) is 18.4 Å². The zero-order valence-electron chi connectivity index (χ0n) is 22.1. The number of fused-ring (bicyclic) bond motifs is 1. The highest BCUT2D eigenvalue weighted by atomic mass is 127. The molecule has 1 fully saturated rings. The van der Waals surface area contributed by atoms with E-state index in [4.69, 9.17) is 4.74 Å². The molecular weight excluding hydrogens is 658 g/mol. The molecule has 6 rings (SSSR count). The van der Waals surface area contributed by atoms with E-state index >= 15 is 0 Å². The van der Waals surface area contributed by atoms with Crippen LogP contribution < -0.4 is 10.5 Å². The monoisotopic (exact) mass is 684 g/mol. The average molecular weight is 685 g/mol. The Labute approximate surface area is 250 Å². The SMILES string of the molecule is Cc1ccc(S(=O)(=O)n2cc(-c3ccn(Cc4ccc(F)c(I)c4)c(=O)c3)c3cc(N4CCOCC4)cnc32)cc1. The van der Waals surface area contributed by atoms with Gasteiger partial charge in [-0.3, -0.25) is 4.79 Å². The number of morpholine rings is 1. The van der Waals surface area contributed by atoms with Crippen LogP contribution in [0, 0.1) is 16.3 Å².